The average Bonchev–Trinajstić information content (AvgIpc) is 2.41. The van der Waals surface area contributed by atoms with Gasteiger partial charge in [-0.1, -0.05) is 18.2 Å². The summed E-state index contributed by atoms with van der Waals surface area (Å²) in [5.74, 6) is 1.15. The van der Waals surface area contributed by atoms with Crippen molar-refractivity contribution in [3.05, 3.63) is 53.8 Å². The number of halogens is 1. The fourth-order valence-corrected chi connectivity index (χ4v) is 1.61. The highest BCUT2D eigenvalue weighted by atomic mass is 19.1. The highest BCUT2D eigenvalue weighted by molar-refractivity contribution is 5.37. The van der Waals surface area contributed by atoms with E-state index in [4.69, 9.17) is 4.74 Å². The minimum absolute atomic E-state index is 0.207. The summed E-state index contributed by atoms with van der Waals surface area (Å²) in [7, 11) is 1.59. The zero-order chi connectivity index (χ0) is 12.8. The lowest BCUT2D eigenvalue weighted by atomic mass is 10.1. The van der Waals surface area contributed by atoms with Crippen LogP contribution in [0.3, 0.4) is 0 Å². The van der Waals surface area contributed by atoms with Crippen molar-refractivity contribution in [2.75, 3.05) is 19.0 Å². The average molecular weight is 246 g/mol. The van der Waals surface area contributed by atoms with E-state index in [2.05, 4.69) is 10.3 Å². The predicted octanol–water partition coefficient (Wildman–Crippen LogP) is 2.88. The van der Waals surface area contributed by atoms with E-state index in [1.807, 2.05) is 12.1 Å². The number of nitrogens with one attached hydrogen (secondary N) is 1. The van der Waals surface area contributed by atoms with Gasteiger partial charge in [0.25, 0.3) is 0 Å². The Bertz CT molecular complexity index is 499. The van der Waals surface area contributed by atoms with E-state index in [0.717, 1.165) is 24.3 Å². The van der Waals surface area contributed by atoms with E-state index >= 15 is 0 Å². The highest BCUT2D eigenvalue weighted by Gasteiger charge is 1.97. The second kappa shape index (κ2) is 6.00. The van der Waals surface area contributed by atoms with Crippen LogP contribution in [-0.4, -0.2) is 18.6 Å². The summed E-state index contributed by atoms with van der Waals surface area (Å²) in [6.07, 6.45) is 0.819. The quantitative estimate of drug-likeness (QED) is 0.880. The smallest absolute Gasteiger partial charge is 0.214 e. The van der Waals surface area contributed by atoms with Crippen molar-refractivity contribution in [3.8, 4) is 5.88 Å². The fourth-order valence-electron chi connectivity index (χ4n) is 1.61. The van der Waals surface area contributed by atoms with E-state index in [9.17, 15) is 4.39 Å². The zero-order valence-electron chi connectivity index (χ0n) is 10.2. The molecular weight excluding hydrogens is 231 g/mol. The van der Waals surface area contributed by atoms with E-state index in [1.54, 1.807) is 25.3 Å². The number of methoxy groups -OCH3 is 1. The van der Waals surface area contributed by atoms with Gasteiger partial charge in [0.1, 0.15) is 11.6 Å². The van der Waals surface area contributed by atoms with Crippen LogP contribution in [0.2, 0.25) is 0 Å². The molecule has 0 unspecified atom stereocenters. The minimum atomic E-state index is -0.207. The van der Waals surface area contributed by atoms with Crippen molar-refractivity contribution < 1.29 is 9.13 Å². The molecule has 0 saturated heterocycles. The molecule has 0 amide bonds. The topological polar surface area (TPSA) is 34.1 Å². The lowest BCUT2D eigenvalue weighted by Gasteiger charge is -2.07. The van der Waals surface area contributed by atoms with Crippen LogP contribution < -0.4 is 10.1 Å². The molecule has 0 fully saturated rings. The summed E-state index contributed by atoms with van der Waals surface area (Å²) in [6, 6.07) is 12.1. The van der Waals surface area contributed by atoms with Crippen LogP contribution in [0.15, 0.2) is 42.5 Å². The minimum Gasteiger partial charge on any atom is -0.481 e. The Morgan fingerprint density at radius 2 is 1.94 bits per heavy atom. The van der Waals surface area contributed by atoms with Crippen LogP contribution in [0.25, 0.3) is 0 Å². The molecule has 4 heteroatoms. The first kappa shape index (κ1) is 12.4. The van der Waals surface area contributed by atoms with E-state index in [0.29, 0.717) is 5.88 Å². The summed E-state index contributed by atoms with van der Waals surface area (Å²) in [4.78, 5) is 4.24. The van der Waals surface area contributed by atoms with Gasteiger partial charge in [-0.05, 0) is 30.2 Å². The molecule has 1 N–H and O–H groups in total. The van der Waals surface area contributed by atoms with E-state index < -0.39 is 0 Å². The van der Waals surface area contributed by atoms with Crippen molar-refractivity contribution >= 4 is 5.82 Å². The molecule has 94 valence electrons. The Labute approximate surface area is 106 Å². The molecule has 3 nitrogen and oxygen atoms in total. The van der Waals surface area contributed by atoms with Crippen molar-refractivity contribution in [2.24, 2.45) is 0 Å². The largest absolute Gasteiger partial charge is 0.481 e. The summed E-state index contributed by atoms with van der Waals surface area (Å²) in [5, 5.41) is 3.20. The Balaban J connectivity index is 1.86. The van der Waals surface area contributed by atoms with Gasteiger partial charge in [-0.3, -0.25) is 0 Å². The zero-order valence-corrected chi connectivity index (χ0v) is 10.2. The van der Waals surface area contributed by atoms with E-state index in [-0.39, 0.29) is 5.82 Å². The van der Waals surface area contributed by atoms with E-state index in [1.165, 1.54) is 12.1 Å². The van der Waals surface area contributed by atoms with Gasteiger partial charge in [-0.25, -0.2) is 4.39 Å². The first-order valence-corrected chi connectivity index (χ1v) is 5.77. The summed E-state index contributed by atoms with van der Waals surface area (Å²) in [5.41, 5.74) is 1.09. The number of rotatable bonds is 5. The molecule has 0 spiro atoms. The Morgan fingerprint density at radius 3 is 2.67 bits per heavy atom. The van der Waals surface area contributed by atoms with Gasteiger partial charge in [0.2, 0.25) is 5.88 Å². The van der Waals surface area contributed by atoms with Crippen LogP contribution in [-0.2, 0) is 6.42 Å². The lowest BCUT2D eigenvalue weighted by Crippen LogP contribution is -2.06. The maximum atomic E-state index is 12.7. The molecule has 0 bridgehead atoms. The summed E-state index contributed by atoms with van der Waals surface area (Å²) in [6.45, 7) is 0.742. The number of ether oxygens (including phenoxy) is 1. The summed E-state index contributed by atoms with van der Waals surface area (Å²) >= 11 is 0. The molecule has 2 rings (SSSR count). The molecule has 0 aliphatic heterocycles. The third kappa shape index (κ3) is 3.45. The highest BCUT2D eigenvalue weighted by Crippen LogP contribution is 2.11. The third-order valence-corrected chi connectivity index (χ3v) is 2.57. The van der Waals surface area contributed by atoms with Crippen LogP contribution in [0.4, 0.5) is 10.2 Å². The molecule has 18 heavy (non-hydrogen) atoms. The number of benzene rings is 1. The fraction of sp³-hybridized carbons (Fsp3) is 0.214. The maximum Gasteiger partial charge on any atom is 0.214 e. The van der Waals surface area contributed by atoms with Crippen LogP contribution in [0.5, 0.6) is 5.88 Å². The van der Waals surface area contributed by atoms with Gasteiger partial charge in [-0.15, -0.1) is 0 Å². The molecule has 1 heterocycles. The molecule has 0 atom stereocenters. The number of nitrogens with zero attached hydrogens (tertiary/aromatic N) is 1. The molecule has 0 aliphatic rings. The number of anilines is 1. The van der Waals surface area contributed by atoms with Gasteiger partial charge in [0, 0.05) is 12.6 Å². The predicted molar refractivity (Wildman–Crippen MR) is 69.4 cm³/mol. The molecule has 0 aliphatic carbocycles. The maximum absolute atomic E-state index is 12.7. The van der Waals surface area contributed by atoms with Gasteiger partial charge in [0.05, 0.1) is 7.11 Å². The van der Waals surface area contributed by atoms with Crippen LogP contribution in [0, 0.1) is 5.82 Å². The molecular formula is C14H15FN2O. The number of pyridine rings is 1. The molecule has 1 aromatic carbocycles. The number of hydrogen-bond donors (Lipinski definition) is 1. The number of hydrogen-bond acceptors (Lipinski definition) is 3. The summed E-state index contributed by atoms with van der Waals surface area (Å²) < 4.78 is 17.8. The Hall–Kier alpha value is -2.10. The SMILES string of the molecule is COc1cccc(NCCc2ccc(F)cc2)n1. The molecule has 0 radical (unpaired) electrons. The first-order valence-electron chi connectivity index (χ1n) is 5.77. The van der Waals surface area contributed by atoms with Crippen molar-refractivity contribution in [2.45, 2.75) is 6.42 Å². The monoisotopic (exact) mass is 246 g/mol. The van der Waals surface area contributed by atoms with Crippen LogP contribution in [0.1, 0.15) is 5.56 Å². The second-order valence-corrected chi connectivity index (χ2v) is 3.87. The molecule has 2 aromatic rings. The number of aromatic nitrogens is 1. The Morgan fingerprint density at radius 1 is 1.17 bits per heavy atom. The van der Waals surface area contributed by atoms with Crippen molar-refractivity contribution in [3.63, 3.8) is 0 Å². The third-order valence-electron chi connectivity index (χ3n) is 2.57. The van der Waals surface area contributed by atoms with Gasteiger partial charge in [-0.2, -0.15) is 4.98 Å². The second-order valence-electron chi connectivity index (χ2n) is 3.87. The lowest BCUT2D eigenvalue weighted by molar-refractivity contribution is 0.398. The standard InChI is InChI=1S/C14H15FN2O/c1-18-14-4-2-3-13(17-14)16-10-9-11-5-7-12(15)8-6-11/h2-8H,9-10H2,1H3,(H,16,17). The van der Waals surface area contributed by atoms with Crippen molar-refractivity contribution in [1.82, 2.24) is 4.98 Å². The normalized spacial score (nSPS) is 10.1. The van der Waals surface area contributed by atoms with Crippen molar-refractivity contribution in [1.29, 1.82) is 0 Å². The van der Waals surface area contributed by atoms with Gasteiger partial charge in [0.15, 0.2) is 0 Å². The molecule has 0 saturated carbocycles. The first-order chi connectivity index (χ1) is 8.78. The molecule has 1 aromatic heterocycles. The van der Waals surface area contributed by atoms with Gasteiger partial charge < -0.3 is 10.1 Å². The van der Waals surface area contributed by atoms with Gasteiger partial charge >= 0.3 is 0 Å². The van der Waals surface area contributed by atoms with Crippen LogP contribution >= 0.6 is 0 Å². The Kier molecular flexibility index (Phi) is 4.12.